The van der Waals surface area contributed by atoms with Crippen molar-refractivity contribution >= 4 is 17.5 Å². The van der Waals surface area contributed by atoms with E-state index in [9.17, 15) is 4.79 Å². The minimum atomic E-state index is 0.197. The molecule has 0 heterocycles. The number of carbonyl (C=O) groups excluding carboxylic acids is 1. The monoisotopic (exact) mass is 266 g/mol. The number of rotatable bonds is 8. The second kappa shape index (κ2) is 8.20. The molecule has 0 aliphatic carbocycles. The molecule has 0 aliphatic rings. The van der Waals surface area contributed by atoms with Gasteiger partial charge in [-0.05, 0) is 37.1 Å². The molecule has 2 nitrogen and oxygen atoms in total. The molecule has 0 aromatic heterocycles. The highest BCUT2D eigenvalue weighted by molar-refractivity contribution is 8.00. The maximum Gasteiger partial charge on any atom is 0.172 e. The van der Waals surface area contributed by atoms with Crippen LogP contribution >= 0.6 is 11.8 Å². The van der Waals surface area contributed by atoms with E-state index in [4.69, 9.17) is 4.74 Å². The molecule has 1 atom stereocenters. The number of hydrogen-bond donors (Lipinski definition) is 0. The highest BCUT2D eigenvalue weighted by Gasteiger charge is 2.08. The Morgan fingerprint density at radius 1 is 1.28 bits per heavy atom. The molecule has 0 fully saturated rings. The summed E-state index contributed by atoms with van der Waals surface area (Å²) in [5.41, 5.74) is 0.773. The molecule has 0 amide bonds. The third kappa shape index (κ3) is 5.13. The lowest BCUT2D eigenvalue weighted by Crippen LogP contribution is -2.06. The van der Waals surface area contributed by atoms with Crippen molar-refractivity contribution < 1.29 is 9.53 Å². The first kappa shape index (κ1) is 15.1. The van der Waals surface area contributed by atoms with Gasteiger partial charge in [0.15, 0.2) is 5.78 Å². The zero-order chi connectivity index (χ0) is 13.4. The molecule has 100 valence electrons. The molecule has 1 aromatic rings. The number of ether oxygens (including phenoxy) is 1. The highest BCUT2D eigenvalue weighted by atomic mass is 32.2. The lowest BCUT2D eigenvalue weighted by Gasteiger charge is -2.08. The fraction of sp³-hybridized carbons (Fsp3) is 0.533. The maximum absolute atomic E-state index is 11.9. The van der Waals surface area contributed by atoms with Crippen LogP contribution in [0.5, 0.6) is 5.75 Å². The van der Waals surface area contributed by atoms with Crippen molar-refractivity contribution in [3.8, 4) is 5.75 Å². The summed E-state index contributed by atoms with van der Waals surface area (Å²) in [6, 6.07) is 7.45. The topological polar surface area (TPSA) is 26.3 Å². The zero-order valence-corrected chi connectivity index (χ0v) is 12.3. The van der Waals surface area contributed by atoms with E-state index < -0.39 is 0 Å². The van der Waals surface area contributed by atoms with Crippen molar-refractivity contribution in [2.45, 2.75) is 38.9 Å². The summed E-state index contributed by atoms with van der Waals surface area (Å²) in [5.74, 6) is 1.59. The van der Waals surface area contributed by atoms with Crippen molar-refractivity contribution in [3.05, 3.63) is 29.8 Å². The van der Waals surface area contributed by atoms with E-state index in [1.807, 2.05) is 24.3 Å². The average molecular weight is 266 g/mol. The summed E-state index contributed by atoms with van der Waals surface area (Å²) in [4.78, 5) is 11.9. The molecular weight excluding hydrogens is 244 g/mol. The van der Waals surface area contributed by atoms with Crippen LogP contribution in [0.2, 0.25) is 0 Å². The van der Waals surface area contributed by atoms with Gasteiger partial charge in [0, 0.05) is 10.8 Å². The SMILES string of the molecule is CCCOc1ccc(C(=O)CSC(C)CC)cc1. The standard InChI is InChI=1S/C15H22O2S/c1-4-10-17-14-8-6-13(7-9-14)15(16)11-18-12(3)5-2/h6-9,12H,4-5,10-11H2,1-3H3. The quantitative estimate of drug-likeness (QED) is 0.660. The van der Waals surface area contributed by atoms with Crippen LogP contribution in [0.25, 0.3) is 0 Å². The molecule has 1 unspecified atom stereocenters. The van der Waals surface area contributed by atoms with Gasteiger partial charge in [-0.25, -0.2) is 0 Å². The molecule has 0 saturated carbocycles. The Labute approximate surface area is 114 Å². The van der Waals surface area contributed by atoms with Gasteiger partial charge in [0.25, 0.3) is 0 Å². The molecule has 0 bridgehead atoms. The molecule has 0 saturated heterocycles. The Morgan fingerprint density at radius 2 is 1.94 bits per heavy atom. The molecular formula is C15H22O2S. The molecule has 0 radical (unpaired) electrons. The molecule has 3 heteroatoms. The number of benzene rings is 1. The van der Waals surface area contributed by atoms with E-state index >= 15 is 0 Å². The maximum atomic E-state index is 11.9. The first-order chi connectivity index (χ1) is 8.67. The van der Waals surface area contributed by atoms with Crippen LogP contribution in [0.1, 0.15) is 44.0 Å². The van der Waals surface area contributed by atoms with Crippen LogP contribution in [0.3, 0.4) is 0 Å². The van der Waals surface area contributed by atoms with Gasteiger partial charge < -0.3 is 4.74 Å². The fourth-order valence-electron chi connectivity index (χ4n) is 1.38. The van der Waals surface area contributed by atoms with Crippen molar-refractivity contribution in [2.24, 2.45) is 0 Å². The summed E-state index contributed by atoms with van der Waals surface area (Å²) in [5, 5.41) is 0.543. The largest absolute Gasteiger partial charge is 0.494 e. The predicted molar refractivity (Wildman–Crippen MR) is 78.8 cm³/mol. The van der Waals surface area contributed by atoms with E-state index in [0.29, 0.717) is 11.0 Å². The van der Waals surface area contributed by atoms with E-state index in [1.54, 1.807) is 11.8 Å². The fourth-order valence-corrected chi connectivity index (χ4v) is 2.21. The van der Waals surface area contributed by atoms with Gasteiger partial charge >= 0.3 is 0 Å². The van der Waals surface area contributed by atoms with E-state index in [0.717, 1.165) is 30.8 Å². The van der Waals surface area contributed by atoms with Gasteiger partial charge in [-0.1, -0.05) is 20.8 Å². The summed E-state index contributed by atoms with van der Waals surface area (Å²) in [6.07, 6.45) is 2.09. The van der Waals surface area contributed by atoms with Gasteiger partial charge in [-0.3, -0.25) is 4.79 Å². The van der Waals surface area contributed by atoms with Crippen LogP contribution in [0.4, 0.5) is 0 Å². The Morgan fingerprint density at radius 3 is 2.50 bits per heavy atom. The lowest BCUT2D eigenvalue weighted by atomic mass is 10.1. The lowest BCUT2D eigenvalue weighted by molar-refractivity contribution is 0.102. The molecule has 1 rings (SSSR count). The second-order valence-corrected chi connectivity index (χ2v) is 5.75. The summed E-state index contributed by atoms with van der Waals surface area (Å²) >= 11 is 1.72. The molecule has 18 heavy (non-hydrogen) atoms. The Balaban J connectivity index is 2.48. The van der Waals surface area contributed by atoms with Crippen LogP contribution in [-0.4, -0.2) is 23.4 Å². The van der Waals surface area contributed by atoms with Crippen molar-refractivity contribution in [3.63, 3.8) is 0 Å². The van der Waals surface area contributed by atoms with E-state index in [-0.39, 0.29) is 5.78 Å². The molecule has 1 aromatic carbocycles. The number of thioether (sulfide) groups is 1. The Kier molecular flexibility index (Phi) is 6.88. The first-order valence-corrected chi connectivity index (χ1v) is 7.59. The van der Waals surface area contributed by atoms with Crippen molar-refractivity contribution in [1.29, 1.82) is 0 Å². The normalized spacial score (nSPS) is 12.2. The minimum Gasteiger partial charge on any atom is -0.494 e. The molecule has 0 spiro atoms. The summed E-state index contributed by atoms with van der Waals surface area (Å²) in [7, 11) is 0. The van der Waals surface area contributed by atoms with Gasteiger partial charge in [0.05, 0.1) is 12.4 Å². The van der Waals surface area contributed by atoms with Crippen LogP contribution in [0.15, 0.2) is 24.3 Å². The molecule has 0 aliphatic heterocycles. The Bertz CT molecular complexity index is 359. The third-order valence-electron chi connectivity index (χ3n) is 2.72. The van der Waals surface area contributed by atoms with E-state index in [1.165, 1.54) is 0 Å². The second-order valence-electron chi connectivity index (χ2n) is 4.33. The zero-order valence-electron chi connectivity index (χ0n) is 11.4. The third-order valence-corrected chi connectivity index (χ3v) is 4.05. The van der Waals surface area contributed by atoms with Gasteiger partial charge in [-0.2, -0.15) is 11.8 Å². The Hall–Kier alpha value is -0.960. The van der Waals surface area contributed by atoms with Crippen molar-refractivity contribution in [1.82, 2.24) is 0 Å². The minimum absolute atomic E-state index is 0.197. The summed E-state index contributed by atoms with van der Waals surface area (Å²) in [6.45, 7) is 7.09. The average Bonchev–Trinajstić information content (AvgIpc) is 2.42. The number of carbonyl (C=O) groups is 1. The smallest absolute Gasteiger partial charge is 0.172 e. The van der Waals surface area contributed by atoms with Crippen LogP contribution < -0.4 is 4.74 Å². The van der Waals surface area contributed by atoms with Crippen LogP contribution in [0, 0.1) is 0 Å². The number of hydrogen-bond acceptors (Lipinski definition) is 3. The number of ketones is 1. The highest BCUT2D eigenvalue weighted by Crippen LogP contribution is 2.17. The van der Waals surface area contributed by atoms with Crippen LogP contribution in [-0.2, 0) is 0 Å². The van der Waals surface area contributed by atoms with Gasteiger partial charge in [-0.15, -0.1) is 0 Å². The van der Waals surface area contributed by atoms with E-state index in [2.05, 4.69) is 20.8 Å². The predicted octanol–water partition coefficient (Wildman–Crippen LogP) is 4.19. The van der Waals surface area contributed by atoms with Crippen molar-refractivity contribution in [2.75, 3.05) is 12.4 Å². The first-order valence-electron chi connectivity index (χ1n) is 6.55. The summed E-state index contributed by atoms with van der Waals surface area (Å²) < 4.78 is 5.49. The van der Waals surface area contributed by atoms with Gasteiger partial charge in [0.1, 0.15) is 5.75 Å². The number of Topliss-reactive ketones (excluding diaryl/α,β-unsaturated/α-hetero) is 1. The van der Waals surface area contributed by atoms with Gasteiger partial charge in [0.2, 0.25) is 0 Å². The molecule has 0 N–H and O–H groups in total.